The van der Waals surface area contributed by atoms with E-state index < -0.39 is 0 Å². The van der Waals surface area contributed by atoms with Gasteiger partial charge >= 0.3 is 0 Å². The maximum Gasteiger partial charge on any atom is 0.261 e. The summed E-state index contributed by atoms with van der Waals surface area (Å²) in [5.74, 6) is 1.56. The van der Waals surface area contributed by atoms with E-state index in [1.165, 1.54) is 0 Å². The minimum atomic E-state index is -0.218. The van der Waals surface area contributed by atoms with Crippen LogP contribution in [0.15, 0.2) is 59.5 Å². The lowest BCUT2D eigenvalue weighted by molar-refractivity contribution is 0.417. The highest BCUT2D eigenvalue weighted by molar-refractivity contribution is 5.86. The molecule has 142 valence electrons. The Kier molecular flexibility index (Phi) is 4.61. The third-order valence-electron chi connectivity index (χ3n) is 4.74. The van der Waals surface area contributed by atoms with Gasteiger partial charge in [0.1, 0.15) is 17.1 Å². The van der Waals surface area contributed by atoms with Crippen molar-refractivity contribution in [3.05, 3.63) is 70.6 Å². The van der Waals surface area contributed by atoms with E-state index in [1.54, 1.807) is 13.3 Å². The van der Waals surface area contributed by atoms with Gasteiger partial charge in [-0.05, 0) is 35.7 Å². The highest BCUT2D eigenvalue weighted by atomic mass is 16.5. The summed E-state index contributed by atoms with van der Waals surface area (Å²) in [6.45, 7) is 4.26. The Morgan fingerprint density at radius 3 is 2.64 bits per heavy atom. The van der Waals surface area contributed by atoms with Crippen molar-refractivity contribution in [2.24, 2.45) is 0 Å². The molecular formula is C22H22N4O2. The van der Waals surface area contributed by atoms with E-state index in [0.717, 1.165) is 22.3 Å². The Balaban J connectivity index is 1.86. The molecule has 2 heterocycles. The zero-order valence-electron chi connectivity index (χ0n) is 16.0. The minimum Gasteiger partial charge on any atom is -0.495 e. The summed E-state index contributed by atoms with van der Waals surface area (Å²) in [7, 11) is 1.62. The second kappa shape index (κ2) is 7.23. The number of aromatic nitrogens is 3. The lowest BCUT2D eigenvalue weighted by atomic mass is 10.0. The number of ether oxygens (including phenoxy) is 1. The van der Waals surface area contributed by atoms with E-state index in [9.17, 15) is 4.79 Å². The summed E-state index contributed by atoms with van der Waals surface area (Å²) < 4.78 is 5.41. The largest absolute Gasteiger partial charge is 0.495 e. The van der Waals surface area contributed by atoms with Crippen molar-refractivity contribution >= 4 is 22.4 Å². The Morgan fingerprint density at radius 2 is 1.86 bits per heavy atom. The molecule has 0 aliphatic heterocycles. The Hall–Kier alpha value is -3.54. The number of pyridine rings is 1. The monoisotopic (exact) mass is 374 g/mol. The molecule has 0 amide bonds. The van der Waals surface area contributed by atoms with Crippen LogP contribution < -0.4 is 15.6 Å². The number of hydrogen-bond donors (Lipinski definition) is 3. The number of hydrogen-bond acceptors (Lipinski definition) is 4. The van der Waals surface area contributed by atoms with Gasteiger partial charge in [0.2, 0.25) is 0 Å². The maximum absolute atomic E-state index is 12.7. The van der Waals surface area contributed by atoms with Gasteiger partial charge in [0.05, 0.1) is 29.5 Å². The lowest BCUT2D eigenvalue weighted by Crippen LogP contribution is -2.11. The average molecular weight is 374 g/mol. The Morgan fingerprint density at radius 1 is 1.04 bits per heavy atom. The molecule has 0 aliphatic carbocycles. The smallest absolute Gasteiger partial charge is 0.261 e. The maximum atomic E-state index is 12.7. The van der Waals surface area contributed by atoms with Crippen LogP contribution >= 0.6 is 0 Å². The molecule has 28 heavy (non-hydrogen) atoms. The standard InChI is InChI=1S/C22H22N4O2/c1-13(2)14-7-6-9-17-20(14)26-21(25-17)19-16(11-12-23-22(19)27)24-15-8-4-5-10-18(15)28-3/h4-13H,1-3H3,(H,25,26)(H2,23,24,27). The van der Waals surface area contributed by atoms with Gasteiger partial charge in [0, 0.05) is 6.20 Å². The van der Waals surface area contributed by atoms with Crippen LogP contribution in [0.1, 0.15) is 25.3 Å². The fourth-order valence-electron chi connectivity index (χ4n) is 3.35. The molecule has 0 saturated heterocycles. The first kappa shape index (κ1) is 17.9. The van der Waals surface area contributed by atoms with Gasteiger partial charge in [-0.1, -0.05) is 38.1 Å². The van der Waals surface area contributed by atoms with E-state index in [0.29, 0.717) is 28.7 Å². The summed E-state index contributed by atoms with van der Waals surface area (Å²) in [6.07, 6.45) is 1.62. The fourth-order valence-corrected chi connectivity index (χ4v) is 3.35. The van der Waals surface area contributed by atoms with Gasteiger partial charge in [-0.15, -0.1) is 0 Å². The molecule has 4 aromatic rings. The molecule has 0 fully saturated rings. The van der Waals surface area contributed by atoms with Crippen LogP contribution in [0, 0.1) is 0 Å². The molecule has 0 unspecified atom stereocenters. The quantitative estimate of drug-likeness (QED) is 0.469. The van der Waals surface area contributed by atoms with Crippen LogP contribution in [0.3, 0.4) is 0 Å². The van der Waals surface area contributed by atoms with E-state index in [2.05, 4.69) is 35.2 Å². The molecule has 0 aliphatic rings. The van der Waals surface area contributed by atoms with Crippen LogP contribution in [0.2, 0.25) is 0 Å². The summed E-state index contributed by atoms with van der Waals surface area (Å²) in [5, 5.41) is 3.31. The molecule has 0 radical (unpaired) electrons. The van der Waals surface area contributed by atoms with E-state index >= 15 is 0 Å². The molecule has 2 aromatic carbocycles. The van der Waals surface area contributed by atoms with Crippen LogP contribution in [-0.4, -0.2) is 22.1 Å². The van der Waals surface area contributed by atoms with Crippen molar-refractivity contribution < 1.29 is 4.74 Å². The molecule has 0 saturated carbocycles. The molecule has 3 N–H and O–H groups in total. The van der Waals surface area contributed by atoms with Crippen molar-refractivity contribution in [1.82, 2.24) is 15.0 Å². The van der Waals surface area contributed by atoms with Crippen molar-refractivity contribution in [1.29, 1.82) is 0 Å². The SMILES string of the molecule is COc1ccccc1Nc1cc[nH]c(=O)c1-c1nc2c(C(C)C)cccc2[nH]1. The zero-order chi connectivity index (χ0) is 19.7. The summed E-state index contributed by atoms with van der Waals surface area (Å²) >= 11 is 0. The van der Waals surface area contributed by atoms with Gasteiger partial charge in [0.25, 0.3) is 5.56 Å². The number of fused-ring (bicyclic) bond motifs is 1. The molecule has 6 heteroatoms. The first-order chi connectivity index (χ1) is 13.6. The van der Waals surface area contributed by atoms with Crippen LogP contribution in [0.5, 0.6) is 5.75 Å². The Labute approximate surface area is 162 Å². The van der Waals surface area contributed by atoms with Crippen LogP contribution in [-0.2, 0) is 0 Å². The minimum absolute atomic E-state index is 0.218. The highest BCUT2D eigenvalue weighted by Gasteiger charge is 2.17. The Bertz CT molecular complexity index is 1190. The molecule has 6 nitrogen and oxygen atoms in total. The molecule has 0 atom stereocenters. The van der Waals surface area contributed by atoms with E-state index in [-0.39, 0.29) is 5.56 Å². The molecule has 0 spiro atoms. The van der Waals surface area contributed by atoms with Gasteiger partial charge in [0.15, 0.2) is 0 Å². The van der Waals surface area contributed by atoms with Gasteiger partial charge in [-0.2, -0.15) is 0 Å². The normalized spacial score (nSPS) is 11.1. The number of nitrogens with zero attached hydrogens (tertiary/aromatic N) is 1. The van der Waals surface area contributed by atoms with Crippen molar-refractivity contribution in [3.8, 4) is 17.1 Å². The number of anilines is 2. The van der Waals surface area contributed by atoms with Gasteiger partial charge < -0.3 is 20.0 Å². The topological polar surface area (TPSA) is 82.8 Å². The molecule has 0 bridgehead atoms. The third-order valence-corrected chi connectivity index (χ3v) is 4.74. The van der Waals surface area contributed by atoms with E-state index in [1.807, 2.05) is 42.5 Å². The second-order valence-corrected chi connectivity index (χ2v) is 6.90. The zero-order valence-corrected chi connectivity index (χ0v) is 16.0. The average Bonchev–Trinajstić information content (AvgIpc) is 3.12. The first-order valence-electron chi connectivity index (χ1n) is 9.19. The fraction of sp³-hybridized carbons (Fsp3) is 0.182. The number of methoxy groups -OCH3 is 1. The summed E-state index contributed by atoms with van der Waals surface area (Å²) in [5.41, 5.74) is 4.61. The van der Waals surface area contributed by atoms with Gasteiger partial charge in [-0.3, -0.25) is 4.79 Å². The predicted molar refractivity (Wildman–Crippen MR) is 113 cm³/mol. The molecule has 2 aromatic heterocycles. The van der Waals surface area contributed by atoms with Gasteiger partial charge in [-0.25, -0.2) is 4.98 Å². The number of imidazole rings is 1. The molecule has 4 rings (SSSR count). The van der Waals surface area contributed by atoms with Crippen molar-refractivity contribution in [2.75, 3.05) is 12.4 Å². The second-order valence-electron chi connectivity index (χ2n) is 6.90. The third kappa shape index (κ3) is 3.13. The van der Waals surface area contributed by atoms with Crippen molar-refractivity contribution in [3.63, 3.8) is 0 Å². The summed E-state index contributed by atoms with van der Waals surface area (Å²) in [6, 6.07) is 15.4. The molecular weight excluding hydrogens is 352 g/mol. The number of para-hydroxylation sites is 3. The lowest BCUT2D eigenvalue weighted by Gasteiger charge is -2.13. The predicted octanol–water partition coefficient (Wildman–Crippen LogP) is 4.79. The number of benzene rings is 2. The number of H-pyrrole nitrogens is 2. The number of nitrogens with one attached hydrogen (secondary N) is 3. The summed E-state index contributed by atoms with van der Waals surface area (Å²) in [4.78, 5) is 23.5. The van der Waals surface area contributed by atoms with Crippen LogP contribution in [0.25, 0.3) is 22.4 Å². The van der Waals surface area contributed by atoms with Crippen LogP contribution in [0.4, 0.5) is 11.4 Å². The first-order valence-corrected chi connectivity index (χ1v) is 9.19. The van der Waals surface area contributed by atoms with E-state index in [4.69, 9.17) is 9.72 Å². The number of rotatable bonds is 5. The highest BCUT2D eigenvalue weighted by Crippen LogP contribution is 2.32. The number of aromatic amines is 2. The van der Waals surface area contributed by atoms with Crippen molar-refractivity contribution in [2.45, 2.75) is 19.8 Å².